The van der Waals surface area contributed by atoms with E-state index in [0.717, 1.165) is 13.8 Å². The molecule has 4 unspecified atom stereocenters. The molecule has 4 heterocycles. The van der Waals surface area contributed by atoms with Gasteiger partial charge < -0.3 is 10.6 Å². The molecule has 4 aromatic heterocycles. The van der Waals surface area contributed by atoms with Gasteiger partial charge in [0.15, 0.2) is 17.1 Å². The van der Waals surface area contributed by atoms with Gasteiger partial charge in [-0.1, -0.05) is 50.9 Å². The van der Waals surface area contributed by atoms with E-state index in [1.807, 2.05) is 33.8 Å². The van der Waals surface area contributed by atoms with Crippen LogP contribution in [0, 0.1) is 11.3 Å². The molecule has 0 saturated heterocycles. The highest BCUT2D eigenvalue weighted by Crippen LogP contribution is 2.37. The third-order valence-electron chi connectivity index (χ3n) is 7.67. The Bertz CT molecular complexity index is 1800. The summed E-state index contributed by atoms with van der Waals surface area (Å²) in [7, 11) is 0. The van der Waals surface area contributed by atoms with Gasteiger partial charge in [0.1, 0.15) is 45.7 Å². The maximum atomic E-state index is 13.0. The van der Waals surface area contributed by atoms with Crippen molar-refractivity contribution in [2.45, 2.75) is 97.6 Å². The van der Waals surface area contributed by atoms with Crippen LogP contribution in [0.25, 0.3) is 11.3 Å². The number of aromatic nitrogens is 6. The van der Waals surface area contributed by atoms with Crippen LogP contribution in [0.2, 0.25) is 10.3 Å². The number of hydrogen-bond acceptors (Lipinski definition) is 8. The predicted molar refractivity (Wildman–Crippen MR) is 166 cm³/mol. The van der Waals surface area contributed by atoms with E-state index in [4.69, 9.17) is 28.5 Å². The second-order valence-electron chi connectivity index (χ2n) is 11.0. The first-order valence-electron chi connectivity index (χ1n) is 14.5. The molecule has 4 rings (SSSR count). The Morgan fingerprint density at radius 3 is 1.62 bits per heavy atom. The fourth-order valence-corrected chi connectivity index (χ4v) is 5.13. The first-order valence-corrected chi connectivity index (χ1v) is 15.3. The first-order chi connectivity index (χ1) is 21.8. The van der Waals surface area contributed by atoms with E-state index in [1.165, 1.54) is 28.3 Å². The number of anilines is 2. The van der Waals surface area contributed by atoms with Gasteiger partial charge in [0.25, 0.3) is 0 Å². The molecule has 0 radical (unpaired) electrons. The van der Waals surface area contributed by atoms with E-state index >= 15 is 0 Å². The minimum absolute atomic E-state index is 0.0664. The topological polar surface area (TPSA) is 125 Å². The van der Waals surface area contributed by atoms with Crippen LogP contribution >= 0.6 is 23.2 Å². The van der Waals surface area contributed by atoms with Crippen molar-refractivity contribution in [3.8, 4) is 6.07 Å². The molecule has 18 heteroatoms. The summed E-state index contributed by atoms with van der Waals surface area (Å²) in [5.41, 5.74) is 1.50. The predicted octanol–water partition coefficient (Wildman–Crippen LogP) is 8.59. The normalized spacial score (nSPS) is 14.6. The summed E-state index contributed by atoms with van der Waals surface area (Å²) >= 11 is 12.4. The van der Waals surface area contributed by atoms with Gasteiger partial charge in [-0.15, -0.1) is 0 Å². The number of ketones is 1. The zero-order chi connectivity index (χ0) is 35.6. The lowest BCUT2D eigenvalue weighted by molar-refractivity contribution is -0.139. The highest BCUT2D eigenvalue weighted by molar-refractivity contribution is 6.31. The van der Waals surface area contributed by atoms with Gasteiger partial charge in [-0.3, -0.25) is 4.79 Å². The van der Waals surface area contributed by atoms with Crippen LogP contribution in [0.4, 0.5) is 38.0 Å². The van der Waals surface area contributed by atoms with Gasteiger partial charge in [-0.25, -0.2) is 9.97 Å². The number of carbonyl (C=O) groups is 1. The van der Waals surface area contributed by atoms with Crippen molar-refractivity contribution < 1.29 is 31.1 Å². The molecule has 256 valence electrons. The monoisotopic (exact) mass is 707 g/mol. The average Bonchev–Trinajstić information content (AvgIpc) is 3.59. The van der Waals surface area contributed by atoms with Crippen LogP contribution in [0.15, 0.2) is 12.4 Å². The van der Waals surface area contributed by atoms with Crippen molar-refractivity contribution >= 4 is 51.9 Å². The Kier molecular flexibility index (Phi) is 11.6. The molecule has 0 aliphatic heterocycles. The molecule has 4 aromatic rings. The molecular weight excluding hydrogens is 675 g/mol. The fraction of sp³-hybridized carbons (Fsp3) is 0.517. The fourth-order valence-electron chi connectivity index (χ4n) is 4.42. The third-order valence-corrected chi connectivity index (χ3v) is 8.25. The summed E-state index contributed by atoms with van der Waals surface area (Å²) in [5, 5.41) is 22.1. The number of carbonyl (C=O) groups excluding carboxylic acids is 1. The average molecular weight is 709 g/mol. The maximum Gasteiger partial charge on any atom is 0.408 e. The van der Waals surface area contributed by atoms with Crippen LogP contribution in [0.1, 0.15) is 100 Å². The molecule has 47 heavy (non-hydrogen) atoms. The molecule has 0 fully saturated rings. The molecule has 0 spiro atoms. The summed E-state index contributed by atoms with van der Waals surface area (Å²) in [6.07, 6.45) is -5.02. The minimum atomic E-state index is -4.44. The molecule has 10 nitrogen and oxygen atoms in total. The van der Waals surface area contributed by atoms with Crippen LogP contribution < -0.4 is 10.6 Å². The molecule has 2 N–H and O–H groups in total. The third kappa shape index (κ3) is 8.01. The van der Waals surface area contributed by atoms with Crippen molar-refractivity contribution in [1.29, 1.82) is 5.26 Å². The number of Topliss-reactive ketones (excluding diaryl/α,β-unsaturated/α-hetero) is 1. The van der Waals surface area contributed by atoms with E-state index in [0.29, 0.717) is 24.0 Å². The Balaban J connectivity index is 0.000000256. The molecule has 0 aliphatic rings. The van der Waals surface area contributed by atoms with Gasteiger partial charge >= 0.3 is 12.4 Å². The summed E-state index contributed by atoms with van der Waals surface area (Å²) in [6, 6.07) is -1.72. The van der Waals surface area contributed by atoms with Crippen LogP contribution in [0.3, 0.4) is 0 Å². The zero-order valence-corrected chi connectivity index (χ0v) is 28.0. The van der Waals surface area contributed by atoms with E-state index in [9.17, 15) is 31.1 Å². The summed E-state index contributed by atoms with van der Waals surface area (Å²) in [5.74, 6) is -0.337. The van der Waals surface area contributed by atoms with Gasteiger partial charge in [-0.2, -0.15) is 50.8 Å². The van der Waals surface area contributed by atoms with Crippen molar-refractivity contribution in [2.24, 2.45) is 0 Å². The largest absolute Gasteiger partial charge is 0.408 e. The van der Waals surface area contributed by atoms with Crippen LogP contribution in [0.5, 0.6) is 0 Å². The Morgan fingerprint density at radius 2 is 1.23 bits per heavy atom. The number of halogens is 8. The Morgan fingerprint density at radius 1 is 0.830 bits per heavy atom. The SMILES string of the molecule is CCC(C)c1c(Cl)nc2c(C#N)cnn2c1NC(C)C(F)(F)F.CCC(C)c1c(Cl)nc2c(C(C)=O)cnn2c1NC(C)C(F)(F)F. The van der Waals surface area contributed by atoms with Gasteiger partial charge in [0.2, 0.25) is 0 Å². The molecule has 0 amide bonds. The zero-order valence-electron chi connectivity index (χ0n) is 26.4. The number of alkyl halides is 6. The summed E-state index contributed by atoms with van der Waals surface area (Å²) in [6.45, 7) is 10.8. The van der Waals surface area contributed by atoms with E-state index < -0.39 is 24.4 Å². The lowest BCUT2D eigenvalue weighted by atomic mass is 10.0. The number of nitrogens with one attached hydrogen (secondary N) is 2. The smallest absolute Gasteiger partial charge is 0.358 e. The second kappa shape index (κ2) is 14.5. The molecule has 0 aliphatic carbocycles. The van der Waals surface area contributed by atoms with Crippen molar-refractivity contribution in [3.63, 3.8) is 0 Å². The maximum absolute atomic E-state index is 13.0. The lowest BCUT2D eigenvalue weighted by Crippen LogP contribution is -2.34. The van der Waals surface area contributed by atoms with E-state index in [-0.39, 0.29) is 62.0 Å². The molecule has 0 bridgehead atoms. The second-order valence-corrected chi connectivity index (χ2v) is 11.7. The number of fused-ring (bicyclic) bond motifs is 2. The lowest BCUT2D eigenvalue weighted by Gasteiger charge is -2.23. The quantitative estimate of drug-likeness (QED) is 0.101. The Labute approximate surface area is 276 Å². The van der Waals surface area contributed by atoms with Crippen molar-refractivity contribution in [2.75, 3.05) is 10.6 Å². The molecule has 0 aromatic carbocycles. The number of rotatable bonds is 9. The van der Waals surface area contributed by atoms with E-state index in [1.54, 1.807) is 0 Å². The standard InChI is InChI=1S/C15H18ClF3N4O.C14H15ClF3N5/c1-5-7(2)11-12(16)22-13-10(8(3)24)6-20-23(13)14(11)21-9(4)15(17,18)19;1-4-7(2)10-11(15)22-12-9(5-19)6-20-23(12)13(10)21-8(3)14(16,17)18/h6-7,9,21H,5H2,1-4H3;6-8,21H,4H2,1-3H3. The van der Waals surface area contributed by atoms with Crippen LogP contribution in [-0.4, -0.2) is 59.4 Å². The van der Waals surface area contributed by atoms with Crippen LogP contribution in [-0.2, 0) is 0 Å². The molecular formula is C29H33Cl2F6N9O. The molecule has 4 atom stereocenters. The highest BCUT2D eigenvalue weighted by atomic mass is 35.5. The number of nitriles is 1. The minimum Gasteiger partial charge on any atom is -0.358 e. The Hall–Kier alpha value is -3.84. The van der Waals surface area contributed by atoms with Gasteiger partial charge in [0, 0.05) is 11.1 Å². The first kappa shape index (κ1) is 37.6. The number of hydrogen-bond donors (Lipinski definition) is 2. The highest BCUT2D eigenvalue weighted by Gasteiger charge is 2.38. The number of nitrogens with zero attached hydrogens (tertiary/aromatic N) is 7. The van der Waals surface area contributed by atoms with Crippen molar-refractivity contribution in [3.05, 3.63) is 45.0 Å². The summed E-state index contributed by atoms with van der Waals surface area (Å²) in [4.78, 5) is 20.0. The van der Waals surface area contributed by atoms with E-state index in [2.05, 4.69) is 30.8 Å². The van der Waals surface area contributed by atoms with Gasteiger partial charge in [-0.05, 0) is 45.4 Å². The van der Waals surface area contributed by atoms with Crippen molar-refractivity contribution in [1.82, 2.24) is 29.2 Å². The van der Waals surface area contributed by atoms with Gasteiger partial charge in [0.05, 0.1) is 18.0 Å². The summed E-state index contributed by atoms with van der Waals surface area (Å²) < 4.78 is 80.2. The molecule has 0 saturated carbocycles.